The number of ether oxygens (including phenoxy) is 1. The van der Waals surface area contributed by atoms with Crippen LogP contribution in [0.1, 0.15) is 19.3 Å². The largest absolute Gasteiger partial charge is 0.491 e. The van der Waals surface area contributed by atoms with Crippen molar-refractivity contribution in [2.24, 2.45) is 11.7 Å². The summed E-state index contributed by atoms with van der Waals surface area (Å²) in [5, 5.41) is 4.32. The molecule has 2 aromatic carbocycles. The molecule has 3 heterocycles. The first kappa shape index (κ1) is 18.1. The monoisotopic (exact) mass is 414 g/mol. The van der Waals surface area contributed by atoms with Gasteiger partial charge in [0, 0.05) is 35.4 Å². The highest BCUT2D eigenvalue weighted by molar-refractivity contribution is 5.92. The van der Waals surface area contributed by atoms with Crippen LogP contribution in [-0.2, 0) is 11.3 Å². The lowest BCUT2D eigenvalue weighted by Crippen LogP contribution is -2.37. The highest BCUT2D eigenvalue weighted by Gasteiger charge is 2.35. The predicted octanol–water partition coefficient (Wildman–Crippen LogP) is 3.10. The molecule has 2 aliphatic rings. The molecule has 31 heavy (non-hydrogen) atoms. The molecule has 0 bridgehead atoms. The summed E-state index contributed by atoms with van der Waals surface area (Å²) in [6.45, 7) is 1.45. The maximum absolute atomic E-state index is 11.9. The number of anilines is 1. The van der Waals surface area contributed by atoms with Crippen LogP contribution >= 0.6 is 0 Å². The van der Waals surface area contributed by atoms with E-state index in [1.54, 1.807) is 6.33 Å². The van der Waals surface area contributed by atoms with E-state index in [4.69, 9.17) is 15.5 Å². The normalized spacial score (nSPS) is 16.6. The van der Waals surface area contributed by atoms with Crippen molar-refractivity contribution in [3.63, 3.8) is 0 Å². The van der Waals surface area contributed by atoms with Gasteiger partial charge in [-0.15, -0.1) is 0 Å². The van der Waals surface area contributed by atoms with E-state index in [-0.39, 0.29) is 11.9 Å². The lowest BCUT2D eigenvalue weighted by Gasteiger charge is -2.17. The van der Waals surface area contributed by atoms with E-state index < -0.39 is 0 Å². The van der Waals surface area contributed by atoms with Gasteiger partial charge in [-0.25, -0.2) is 15.0 Å². The summed E-state index contributed by atoms with van der Waals surface area (Å²) in [7, 11) is 0. The zero-order valence-electron chi connectivity index (χ0n) is 16.9. The van der Waals surface area contributed by atoms with Gasteiger partial charge in [-0.3, -0.25) is 4.79 Å². The lowest BCUT2D eigenvalue weighted by atomic mass is 10.1. The number of carbonyl (C=O) groups is 1. The predicted molar refractivity (Wildman–Crippen MR) is 118 cm³/mol. The van der Waals surface area contributed by atoms with E-state index in [1.165, 1.54) is 0 Å². The number of nitrogens with two attached hydrogens (primary N) is 1. The average molecular weight is 414 g/mol. The van der Waals surface area contributed by atoms with Crippen molar-refractivity contribution in [1.29, 1.82) is 0 Å². The maximum Gasteiger partial charge on any atom is 0.240 e. The number of aromatic nitrogens is 4. The summed E-state index contributed by atoms with van der Waals surface area (Å²) in [5.74, 6) is 1.64. The second kappa shape index (κ2) is 6.94. The summed E-state index contributed by atoms with van der Waals surface area (Å²) < 4.78 is 8.28. The van der Waals surface area contributed by atoms with Gasteiger partial charge in [0.2, 0.25) is 5.91 Å². The second-order valence-corrected chi connectivity index (χ2v) is 8.29. The molecule has 1 fully saturated rings. The SMILES string of the molecule is NC(=O)[C@@H](Nc1cc2c3c(c1)nc(-c1ccc4cncnc4c1)n3CCCO2)C1CC1. The zero-order valence-corrected chi connectivity index (χ0v) is 16.9. The maximum atomic E-state index is 11.9. The topological polar surface area (TPSA) is 108 Å². The van der Waals surface area contributed by atoms with E-state index in [0.29, 0.717) is 12.5 Å². The summed E-state index contributed by atoms with van der Waals surface area (Å²) in [4.78, 5) is 25.4. The van der Waals surface area contributed by atoms with Gasteiger partial charge >= 0.3 is 0 Å². The number of hydrogen-bond donors (Lipinski definition) is 2. The van der Waals surface area contributed by atoms with Gasteiger partial charge in [0.15, 0.2) is 0 Å². The molecule has 1 aliphatic heterocycles. The van der Waals surface area contributed by atoms with Crippen molar-refractivity contribution in [1.82, 2.24) is 19.5 Å². The van der Waals surface area contributed by atoms with Gasteiger partial charge in [-0.1, -0.05) is 12.1 Å². The molecule has 3 N–H and O–H groups in total. The first-order chi connectivity index (χ1) is 15.2. The first-order valence-corrected chi connectivity index (χ1v) is 10.6. The van der Waals surface area contributed by atoms with Gasteiger partial charge in [0.25, 0.3) is 0 Å². The third kappa shape index (κ3) is 3.15. The standard InChI is InChI=1S/C23H22N6O2/c24-22(30)20(13-2-3-13)27-16-9-18-21-19(10-16)31-7-1-6-29(21)23(28-18)14-4-5-15-11-25-12-26-17(15)8-14/h4-5,8-13,20,27H,1-3,6-7H2,(H2,24,30)/t20-/m0/s1. The molecule has 2 aromatic heterocycles. The highest BCUT2D eigenvalue weighted by Crippen LogP contribution is 2.38. The molecule has 0 saturated heterocycles. The van der Waals surface area contributed by atoms with Crippen molar-refractivity contribution in [3.05, 3.63) is 42.9 Å². The molecule has 4 aromatic rings. The number of carbonyl (C=O) groups excluding carboxylic acids is 1. The Morgan fingerprint density at radius 3 is 2.97 bits per heavy atom. The molecule has 156 valence electrons. The van der Waals surface area contributed by atoms with E-state index in [0.717, 1.165) is 70.6 Å². The summed E-state index contributed by atoms with van der Waals surface area (Å²) in [5.41, 5.74) is 10.1. The van der Waals surface area contributed by atoms with Crippen LogP contribution < -0.4 is 15.8 Å². The Morgan fingerprint density at radius 1 is 1.23 bits per heavy atom. The molecule has 0 radical (unpaired) electrons. The number of aryl methyl sites for hydroxylation is 1. The van der Waals surface area contributed by atoms with Crippen LogP contribution in [0.3, 0.4) is 0 Å². The van der Waals surface area contributed by atoms with Crippen molar-refractivity contribution in [2.45, 2.75) is 31.8 Å². The Kier molecular flexibility index (Phi) is 4.05. The minimum absolute atomic E-state index is 0.306. The summed E-state index contributed by atoms with van der Waals surface area (Å²) >= 11 is 0. The molecular weight excluding hydrogens is 392 g/mol. The van der Waals surface area contributed by atoms with Crippen LogP contribution in [0.2, 0.25) is 0 Å². The Balaban J connectivity index is 1.48. The average Bonchev–Trinajstić information content (AvgIpc) is 3.57. The molecule has 0 spiro atoms. The van der Waals surface area contributed by atoms with Crippen LogP contribution in [0.25, 0.3) is 33.3 Å². The van der Waals surface area contributed by atoms with E-state index in [9.17, 15) is 4.79 Å². The molecular formula is C23H22N6O2. The number of fused-ring (bicyclic) bond motifs is 1. The number of imidazole rings is 1. The molecule has 8 heteroatoms. The van der Waals surface area contributed by atoms with Crippen LogP contribution in [0.5, 0.6) is 5.75 Å². The van der Waals surface area contributed by atoms with Crippen LogP contribution in [0.15, 0.2) is 42.9 Å². The molecule has 6 rings (SSSR count). The fourth-order valence-electron chi connectivity index (χ4n) is 4.41. The van der Waals surface area contributed by atoms with Gasteiger partial charge in [0.05, 0.1) is 17.6 Å². The Hall–Kier alpha value is -3.68. The lowest BCUT2D eigenvalue weighted by molar-refractivity contribution is -0.119. The van der Waals surface area contributed by atoms with Gasteiger partial charge in [-0.05, 0) is 37.3 Å². The van der Waals surface area contributed by atoms with Crippen molar-refractivity contribution in [3.8, 4) is 17.1 Å². The zero-order chi connectivity index (χ0) is 20.9. The number of nitrogens with one attached hydrogen (secondary N) is 1. The molecule has 1 amide bonds. The van der Waals surface area contributed by atoms with Crippen LogP contribution in [0, 0.1) is 5.92 Å². The van der Waals surface area contributed by atoms with Crippen molar-refractivity contribution >= 4 is 33.5 Å². The summed E-state index contributed by atoms with van der Waals surface area (Å²) in [6, 6.07) is 9.69. The quantitative estimate of drug-likeness (QED) is 0.520. The number of amides is 1. The molecule has 0 unspecified atom stereocenters. The summed E-state index contributed by atoms with van der Waals surface area (Å²) in [6.07, 6.45) is 6.30. The van der Waals surface area contributed by atoms with Gasteiger partial charge in [-0.2, -0.15) is 0 Å². The minimum atomic E-state index is -0.364. The molecule has 8 nitrogen and oxygen atoms in total. The van der Waals surface area contributed by atoms with E-state index >= 15 is 0 Å². The smallest absolute Gasteiger partial charge is 0.240 e. The third-order valence-electron chi connectivity index (χ3n) is 6.08. The number of primary amides is 1. The minimum Gasteiger partial charge on any atom is -0.491 e. The highest BCUT2D eigenvalue weighted by atomic mass is 16.5. The third-order valence-corrected chi connectivity index (χ3v) is 6.08. The molecule has 1 saturated carbocycles. The second-order valence-electron chi connectivity index (χ2n) is 8.29. The number of hydrogen-bond acceptors (Lipinski definition) is 6. The molecule has 1 atom stereocenters. The van der Waals surface area contributed by atoms with Crippen molar-refractivity contribution in [2.75, 3.05) is 11.9 Å². The first-order valence-electron chi connectivity index (χ1n) is 10.6. The Morgan fingerprint density at radius 2 is 2.13 bits per heavy atom. The van der Waals surface area contributed by atoms with Crippen LogP contribution in [0.4, 0.5) is 5.69 Å². The van der Waals surface area contributed by atoms with E-state index in [2.05, 4.69) is 25.9 Å². The van der Waals surface area contributed by atoms with Crippen molar-refractivity contribution < 1.29 is 9.53 Å². The van der Waals surface area contributed by atoms with Crippen LogP contribution in [-0.4, -0.2) is 38.1 Å². The fraction of sp³-hybridized carbons (Fsp3) is 0.304. The van der Waals surface area contributed by atoms with E-state index in [1.807, 2.05) is 30.5 Å². The Bertz CT molecular complexity index is 1330. The Labute approximate surface area is 178 Å². The number of rotatable bonds is 5. The number of nitrogens with zero attached hydrogens (tertiary/aromatic N) is 4. The molecule has 1 aliphatic carbocycles. The van der Waals surface area contributed by atoms with Gasteiger partial charge in [0.1, 0.15) is 29.5 Å². The van der Waals surface area contributed by atoms with Gasteiger partial charge < -0.3 is 20.4 Å². The number of benzene rings is 2. The fourth-order valence-corrected chi connectivity index (χ4v) is 4.41.